The Morgan fingerprint density at radius 3 is 1.27 bits per heavy atom. The van der Waals surface area contributed by atoms with E-state index in [1.54, 1.807) is 0 Å². The van der Waals surface area contributed by atoms with Gasteiger partial charge in [-0.15, -0.1) is 0 Å². The van der Waals surface area contributed by atoms with Crippen LogP contribution in [-0.2, 0) is 33.6 Å². The molecule has 0 unspecified atom stereocenters. The Morgan fingerprint density at radius 2 is 0.929 bits per heavy atom. The number of hydrogen-bond acceptors (Lipinski definition) is 12. The maximum absolute atomic E-state index is 13.8. The van der Waals surface area contributed by atoms with Gasteiger partial charge in [-0.3, -0.25) is 43.7 Å². The van der Waals surface area contributed by atoms with E-state index < -0.39 is 77.7 Å². The summed E-state index contributed by atoms with van der Waals surface area (Å²) < 4.78 is 0. The van der Waals surface area contributed by atoms with Gasteiger partial charge >= 0.3 is 5.97 Å². The lowest BCUT2D eigenvalue weighted by molar-refractivity contribution is -0.142. The van der Waals surface area contributed by atoms with E-state index in [-0.39, 0.29) is 88.9 Å². The minimum Gasteiger partial charge on any atom is -0.480 e. The number of thioether (sulfide) groups is 1. The predicted molar refractivity (Wildman–Crippen MR) is 212 cm³/mol. The van der Waals surface area contributed by atoms with Gasteiger partial charge in [-0.05, 0) is 70.3 Å². The van der Waals surface area contributed by atoms with Gasteiger partial charge in [0.1, 0.15) is 30.2 Å². The molecule has 6 amide bonds. The molecule has 0 radical (unpaired) electrons. The number of carboxylic acid groups (broad SMARTS) is 1. The summed E-state index contributed by atoms with van der Waals surface area (Å²) >= 11 is 1.50. The van der Waals surface area contributed by atoms with E-state index in [1.807, 2.05) is 6.26 Å². The van der Waals surface area contributed by atoms with Crippen LogP contribution in [0.2, 0.25) is 0 Å². The van der Waals surface area contributed by atoms with Gasteiger partial charge in [0.2, 0.25) is 35.4 Å². The zero-order valence-corrected chi connectivity index (χ0v) is 32.6. The molecular formula is C31H60N16O8S. The number of amides is 6. The van der Waals surface area contributed by atoms with E-state index in [2.05, 4.69) is 41.6 Å². The summed E-state index contributed by atoms with van der Waals surface area (Å²) in [5.74, 6) is -6.13. The monoisotopic (exact) mass is 816 g/mol. The highest BCUT2D eigenvalue weighted by Gasteiger charge is 2.32. The zero-order valence-electron chi connectivity index (χ0n) is 31.8. The Balaban J connectivity index is 6.40. The molecule has 0 aromatic rings. The van der Waals surface area contributed by atoms with Crippen LogP contribution < -0.4 is 72.5 Å². The normalized spacial score (nSPS) is 13.8. The molecule has 0 aliphatic carbocycles. The maximum Gasteiger partial charge on any atom is 0.326 e. The van der Waals surface area contributed by atoms with Crippen molar-refractivity contribution in [3.63, 3.8) is 0 Å². The number of rotatable bonds is 29. The van der Waals surface area contributed by atoms with E-state index >= 15 is 0 Å². The third kappa shape index (κ3) is 23.3. The molecule has 22 N–H and O–H groups in total. The van der Waals surface area contributed by atoms with Crippen LogP contribution in [0.25, 0.3) is 0 Å². The Morgan fingerprint density at radius 1 is 0.554 bits per heavy atom. The first-order chi connectivity index (χ1) is 26.3. The van der Waals surface area contributed by atoms with Crippen LogP contribution in [0, 0.1) is 0 Å². The van der Waals surface area contributed by atoms with Crippen LogP contribution in [0.3, 0.4) is 0 Å². The standard InChI is InChI=1S/C31H60N16O8S/c1-16(43-24(50)17(32)11-15-56-2)23(49)44-18(6-3-12-40-29(34)35)25(51)45-19(7-4-13-41-30(36)37)26(52)46-20(8-5-14-42-31(38)39)27(53)47-21(28(54)55)9-10-22(33)48/h16-21H,3-15,32H2,1-2H3,(H2,33,48)(H,43,50)(H,44,49)(H,45,51)(H,46,52)(H,47,53)(H,54,55)(H4,34,35,40)(H4,36,37,41)(H4,38,39,42)/t16-,17-,18-,19-,20-,21-/m0/s1. The molecular weight excluding hydrogens is 757 g/mol. The van der Waals surface area contributed by atoms with Crippen molar-refractivity contribution in [3.8, 4) is 0 Å². The van der Waals surface area contributed by atoms with Crippen molar-refractivity contribution in [2.75, 3.05) is 31.6 Å². The fourth-order valence-corrected chi connectivity index (χ4v) is 5.23. The Kier molecular flexibility index (Phi) is 25.1. The van der Waals surface area contributed by atoms with Crippen LogP contribution >= 0.6 is 11.8 Å². The number of aliphatic imine (C=N–C) groups is 3. The van der Waals surface area contributed by atoms with Gasteiger partial charge in [0.25, 0.3) is 0 Å². The minimum absolute atomic E-state index is 0.0116. The average molecular weight is 817 g/mol. The van der Waals surface area contributed by atoms with Crippen molar-refractivity contribution in [3.05, 3.63) is 0 Å². The SMILES string of the molecule is CSCC[C@H](N)C(=O)N[C@@H](C)C(=O)N[C@@H](CCCN=C(N)N)C(=O)N[C@@H](CCCN=C(N)N)C(=O)N[C@@H](CCCN=C(N)N)C(=O)N[C@@H](CCC(N)=O)C(=O)O. The van der Waals surface area contributed by atoms with Crippen molar-refractivity contribution in [1.82, 2.24) is 26.6 Å². The molecule has 0 saturated carbocycles. The number of guanidine groups is 3. The second-order valence-electron chi connectivity index (χ2n) is 12.6. The predicted octanol–water partition coefficient (Wildman–Crippen LogP) is -5.98. The molecule has 0 aromatic heterocycles. The summed E-state index contributed by atoms with van der Waals surface area (Å²) in [6.45, 7) is 1.60. The van der Waals surface area contributed by atoms with Crippen LogP contribution in [0.4, 0.5) is 0 Å². The number of carbonyl (C=O) groups excluding carboxylic acids is 6. The van der Waals surface area contributed by atoms with Crippen molar-refractivity contribution < 1.29 is 38.7 Å². The average Bonchev–Trinajstić information content (AvgIpc) is 3.11. The van der Waals surface area contributed by atoms with E-state index in [1.165, 1.54) is 18.7 Å². The molecule has 0 bridgehead atoms. The molecule has 0 aromatic carbocycles. The van der Waals surface area contributed by atoms with E-state index in [0.29, 0.717) is 12.2 Å². The lowest BCUT2D eigenvalue weighted by Crippen LogP contribution is -2.59. The van der Waals surface area contributed by atoms with Crippen LogP contribution in [-0.4, -0.2) is 132 Å². The van der Waals surface area contributed by atoms with Gasteiger partial charge in [-0.2, -0.15) is 11.8 Å². The molecule has 0 rings (SSSR count). The molecule has 0 aliphatic heterocycles. The Bertz CT molecular complexity index is 1400. The van der Waals surface area contributed by atoms with Crippen LogP contribution in [0.5, 0.6) is 0 Å². The van der Waals surface area contributed by atoms with Gasteiger partial charge in [0.05, 0.1) is 6.04 Å². The van der Waals surface area contributed by atoms with Gasteiger partial charge < -0.3 is 77.6 Å². The quantitative estimate of drug-likeness (QED) is 0.0190. The summed E-state index contributed by atoms with van der Waals surface area (Å²) in [4.78, 5) is 101. The van der Waals surface area contributed by atoms with Gasteiger partial charge in [0, 0.05) is 26.1 Å². The summed E-state index contributed by atoms with van der Waals surface area (Å²) in [5, 5.41) is 22.2. The molecule has 0 saturated heterocycles. The van der Waals surface area contributed by atoms with Crippen molar-refractivity contribution in [2.45, 2.75) is 101 Å². The third-order valence-electron chi connectivity index (χ3n) is 7.75. The first-order valence-electron chi connectivity index (χ1n) is 17.7. The topological polar surface area (TPSA) is 445 Å². The molecule has 56 heavy (non-hydrogen) atoms. The molecule has 0 heterocycles. The maximum atomic E-state index is 13.8. The summed E-state index contributed by atoms with van der Waals surface area (Å²) in [6, 6.07) is -7.48. The van der Waals surface area contributed by atoms with Gasteiger partial charge in [-0.1, -0.05) is 0 Å². The highest BCUT2D eigenvalue weighted by molar-refractivity contribution is 7.98. The number of nitrogens with two attached hydrogens (primary N) is 8. The van der Waals surface area contributed by atoms with E-state index in [9.17, 15) is 38.7 Å². The zero-order chi connectivity index (χ0) is 42.8. The first-order valence-corrected chi connectivity index (χ1v) is 19.1. The van der Waals surface area contributed by atoms with Crippen LogP contribution in [0.1, 0.15) is 64.7 Å². The van der Waals surface area contributed by atoms with Crippen molar-refractivity contribution >= 4 is 71.1 Å². The summed E-state index contributed by atoms with van der Waals surface area (Å²) in [7, 11) is 0. The number of carboxylic acids is 1. The number of primary amides is 1. The Labute approximate surface area is 329 Å². The molecule has 25 heteroatoms. The lowest BCUT2D eigenvalue weighted by Gasteiger charge is -2.26. The van der Waals surface area contributed by atoms with Crippen molar-refractivity contribution in [1.29, 1.82) is 0 Å². The highest BCUT2D eigenvalue weighted by Crippen LogP contribution is 2.08. The van der Waals surface area contributed by atoms with E-state index in [4.69, 9.17) is 45.9 Å². The fourth-order valence-electron chi connectivity index (χ4n) is 4.74. The second-order valence-corrected chi connectivity index (χ2v) is 13.5. The van der Waals surface area contributed by atoms with Crippen LogP contribution in [0.15, 0.2) is 15.0 Å². The third-order valence-corrected chi connectivity index (χ3v) is 8.39. The second kappa shape index (κ2) is 27.9. The molecule has 0 spiro atoms. The molecule has 24 nitrogen and oxygen atoms in total. The Hall–Kier alpha value is -5.59. The van der Waals surface area contributed by atoms with Gasteiger partial charge in [-0.25, -0.2) is 4.79 Å². The fraction of sp³-hybridized carbons (Fsp3) is 0.677. The van der Waals surface area contributed by atoms with Gasteiger partial charge in [0.15, 0.2) is 17.9 Å². The largest absolute Gasteiger partial charge is 0.480 e. The van der Waals surface area contributed by atoms with Crippen molar-refractivity contribution in [2.24, 2.45) is 60.8 Å². The van der Waals surface area contributed by atoms with E-state index in [0.717, 1.165) is 0 Å². The molecule has 0 aliphatic rings. The number of hydrogen-bond donors (Lipinski definition) is 14. The highest BCUT2D eigenvalue weighted by atomic mass is 32.2. The number of nitrogens with zero attached hydrogens (tertiary/aromatic N) is 3. The summed E-state index contributed by atoms with van der Waals surface area (Å²) in [6.07, 6.45) is 1.92. The smallest absolute Gasteiger partial charge is 0.326 e. The number of aliphatic carboxylic acids is 1. The number of nitrogens with one attached hydrogen (secondary N) is 5. The molecule has 6 atom stereocenters. The summed E-state index contributed by atoms with van der Waals surface area (Å²) in [5.41, 5.74) is 43.5. The minimum atomic E-state index is -1.52. The molecule has 318 valence electrons. The first kappa shape index (κ1) is 50.4. The lowest BCUT2D eigenvalue weighted by atomic mass is 10.0. The number of carbonyl (C=O) groups is 7. The molecule has 0 fully saturated rings.